The van der Waals surface area contributed by atoms with Crippen LogP contribution < -0.4 is 16.0 Å². The first-order chi connectivity index (χ1) is 9.41. The average molecular weight is 293 g/mol. The fourth-order valence-corrected chi connectivity index (χ4v) is 2.28. The van der Waals surface area contributed by atoms with Crippen LogP contribution in [0.25, 0.3) is 22.2 Å². The van der Waals surface area contributed by atoms with Crippen LogP contribution in [0, 0.1) is 5.21 Å². The second-order valence-corrected chi connectivity index (χ2v) is 4.85. The molecule has 0 bridgehead atoms. The van der Waals surface area contributed by atoms with Crippen molar-refractivity contribution in [2.45, 2.75) is 0 Å². The summed E-state index contributed by atoms with van der Waals surface area (Å²) in [5.41, 5.74) is -0.827. The molecular weight excluding hydrogens is 284 g/mol. The summed E-state index contributed by atoms with van der Waals surface area (Å²) >= 11 is 5.86. The molecule has 0 radical (unpaired) electrons. The van der Waals surface area contributed by atoms with Crippen molar-refractivity contribution >= 4 is 33.8 Å². The maximum absolute atomic E-state index is 12.3. The molecule has 20 heavy (non-hydrogen) atoms. The van der Waals surface area contributed by atoms with Crippen molar-refractivity contribution in [3.8, 4) is 0 Å². The molecule has 0 amide bonds. The van der Waals surface area contributed by atoms with Gasteiger partial charge in [-0.3, -0.25) is 13.9 Å². The average Bonchev–Trinajstić information content (AvgIpc) is 2.42. The molecule has 7 nitrogen and oxygen atoms in total. The van der Waals surface area contributed by atoms with E-state index >= 15 is 0 Å². The molecule has 0 atom stereocenters. The number of halogens is 1. The van der Waals surface area contributed by atoms with E-state index < -0.39 is 11.2 Å². The standard InChI is InChI=1S/C12H9ClN4O3/c1-15-10-9(11(18)16(2)12(15)19)17(20)8-4-3-6(13)5-7(8)14-10/h3-5H,1-2H3. The molecule has 2 aromatic heterocycles. The first-order valence-corrected chi connectivity index (χ1v) is 6.08. The van der Waals surface area contributed by atoms with Gasteiger partial charge in [-0.1, -0.05) is 11.6 Å². The quantitative estimate of drug-likeness (QED) is 0.333. The molecule has 0 fully saturated rings. The number of rotatable bonds is 0. The lowest BCUT2D eigenvalue weighted by Gasteiger charge is -2.08. The summed E-state index contributed by atoms with van der Waals surface area (Å²) < 4.78 is 2.52. The van der Waals surface area contributed by atoms with Crippen molar-refractivity contribution in [3.63, 3.8) is 0 Å². The van der Waals surface area contributed by atoms with E-state index in [4.69, 9.17) is 11.6 Å². The van der Waals surface area contributed by atoms with E-state index in [2.05, 4.69) is 4.98 Å². The van der Waals surface area contributed by atoms with Crippen LogP contribution in [0.15, 0.2) is 27.8 Å². The van der Waals surface area contributed by atoms with Gasteiger partial charge in [-0.25, -0.2) is 9.78 Å². The molecule has 0 spiro atoms. The predicted octanol–water partition coefficient (Wildman–Crippen LogP) is 0.0722. The number of nitrogens with zero attached hydrogens (tertiary/aromatic N) is 4. The number of aromatic nitrogens is 4. The van der Waals surface area contributed by atoms with Gasteiger partial charge >= 0.3 is 16.8 Å². The van der Waals surface area contributed by atoms with Crippen LogP contribution in [-0.4, -0.2) is 14.1 Å². The molecule has 8 heteroatoms. The lowest BCUT2D eigenvalue weighted by atomic mass is 10.3. The molecule has 3 rings (SSSR count). The summed E-state index contributed by atoms with van der Waals surface area (Å²) in [5, 5.41) is 12.8. The molecule has 2 heterocycles. The molecule has 0 saturated heterocycles. The zero-order valence-electron chi connectivity index (χ0n) is 10.6. The van der Waals surface area contributed by atoms with Gasteiger partial charge < -0.3 is 5.21 Å². The minimum atomic E-state index is -0.678. The molecule has 0 aliphatic carbocycles. The molecule has 0 aliphatic heterocycles. The summed E-state index contributed by atoms with van der Waals surface area (Å²) in [5.74, 6) is 0. The molecule has 1 aromatic carbocycles. The molecule has 0 aliphatic rings. The highest BCUT2D eigenvalue weighted by Gasteiger charge is 2.20. The number of aryl methyl sites for hydroxylation is 1. The second kappa shape index (κ2) is 4.04. The smallest absolute Gasteiger partial charge is 0.332 e. The van der Waals surface area contributed by atoms with Crippen LogP contribution in [0.1, 0.15) is 0 Å². The Bertz CT molecular complexity index is 990. The highest BCUT2D eigenvalue weighted by Crippen LogP contribution is 2.16. The summed E-state index contributed by atoms with van der Waals surface area (Å²) in [6, 6.07) is 4.53. The van der Waals surface area contributed by atoms with Crippen LogP contribution >= 0.6 is 11.6 Å². The maximum atomic E-state index is 12.3. The van der Waals surface area contributed by atoms with Crippen LogP contribution in [-0.2, 0) is 14.1 Å². The fourth-order valence-electron chi connectivity index (χ4n) is 2.11. The first-order valence-electron chi connectivity index (χ1n) is 5.70. The van der Waals surface area contributed by atoms with Crippen LogP contribution in [0.5, 0.6) is 0 Å². The molecule has 0 unspecified atom stereocenters. The van der Waals surface area contributed by atoms with Crippen molar-refractivity contribution in [2.75, 3.05) is 0 Å². The molecule has 3 aromatic rings. The molecular formula is C12H9ClN4O3. The predicted molar refractivity (Wildman–Crippen MR) is 73.7 cm³/mol. The minimum absolute atomic E-state index is 0.0304. The Morgan fingerprint density at radius 1 is 1.25 bits per heavy atom. The Kier molecular flexibility index (Phi) is 2.55. The number of fused-ring (bicyclic) bond motifs is 2. The van der Waals surface area contributed by atoms with Gasteiger partial charge in [0.25, 0.3) is 0 Å². The summed E-state index contributed by atoms with van der Waals surface area (Å²) in [7, 11) is 2.77. The fraction of sp³-hybridized carbons (Fsp3) is 0.167. The van der Waals surface area contributed by atoms with Gasteiger partial charge in [-0.2, -0.15) is 4.73 Å². The number of benzene rings is 1. The van der Waals surface area contributed by atoms with Gasteiger partial charge in [0.2, 0.25) is 11.2 Å². The van der Waals surface area contributed by atoms with Crippen molar-refractivity contribution in [1.82, 2.24) is 14.1 Å². The normalized spacial score (nSPS) is 11.3. The van der Waals surface area contributed by atoms with Crippen molar-refractivity contribution in [1.29, 1.82) is 0 Å². The van der Waals surface area contributed by atoms with Gasteiger partial charge in [0.1, 0.15) is 5.52 Å². The van der Waals surface area contributed by atoms with Gasteiger partial charge in [-0.15, -0.1) is 0 Å². The molecule has 0 saturated carbocycles. The third-order valence-corrected chi connectivity index (χ3v) is 3.43. The maximum Gasteiger partial charge on any atom is 0.332 e. The van der Waals surface area contributed by atoms with Gasteiger partial charge in [0, 0.05) is 25.2 Å². The highest BCUT2D eigenvalue weighted by molar-refractivity contribution is 6.31. The SMILES string of the molecule is Cn1c(=O)c2c(nc3cc(Cl)ccc3[n+]2[O-])n(C)c1=O. The molecule has 102 valence electrons. The van der Waals surface area contributed by atoms with Crippen LogP contribution in [0.2, 0.25) is 5.02 Å². The van der Waals surface area contributed by atoms with Gasteiger partial charge in [0.15, 0.2) is 0 Å². The van der Waals surface area contributed by atoms with Gasteiger partial charge in [0.05, 0.1) is 0 Å². The Morgan fingerprint density at radius 3 is 2.65 bits per heavy atom. The Morgan fingerprint density at radius 2 is 1.95 bits per heavy atom. The third-order valence-electron chi connectivity index (χ3n) is 3.20. The lowest BCUT2D eigenvalue weighted by molar-refractivity contribution is -0.549. The van der Waals surface area contributed by atoms with E-state index in [9.17, 15) is 14.8 Å². The van der Waals surface area contributed by atoms with Gasteiger partial charge in [-0.05, 0) is 12.1 Å². The zero-order valence-corrected chi connectivity index (χ0v) is 11.4. The van der Waals surface area contributed by atoms with E-state index in [1.165, 1.54) is 32.3 Å². The lowest BCUT2D eigenvalue weighted by Crippen LogP contribution is -2.44. The summed E-state index contributed by atoms with van der Waals surface area (Å²) in [4.78, 5) is 28.2. The van der Waals surface area contributed by atoms with E-state index in [1.807, 2.05) is 0 Å². The van der Waals surface area contributed by atoms with Crippen LogP contribution in [0.3, 0.4) is 0 Å². The number of hydrogen-bond donors (Lipinski definition) is 0. The second-order valence-electron chi connectivity index (χ2n) is 4.42. The Balaban J connectivity index is 2.71. The Labute approximate surface area is 116 Å². The third kappa shape index (κ3) is 1.53. The van der Waals surface area contributed by atoms with Crippen molar-refractivity contribution in [3.05, 3.63) is 49.3 Å². The zero-order chi connectivity index (χ0) is 14.6. The molecule has 0 N–H and O–H groups in total. The van der Waals surface area contributed by atoms with E-state index in [0.717, 1.165) is 9.13 Å². The highest BCUT2D eigenvalue weighted by atomic mass is 35.5. The summed E-state index contributed by atoms with van der Waals surface area (Å²) in [6.07, 6.45) is 0. The minimum Gasteiger partial charge on any atom is -0.618 e. The largest absolute Gasteiger partial charge is 0.618 e. The summed E-state index contributed by atoms with van der Waals surface area (Å²) in [6.45, 7) is 0. The monoisotopic (exact) mass is 292 g/mol. The first kappa shape index (κ1) is 12.6. The van der Waals surface area contributed by atoms with E-state index in [1.54, 1.807) is 0 Å². The topological polar surface area (TPSA) is 83.8 Å². The van der Waals surface area contributed by atoms with Crippen LogP contribution in [0.4, 0.5) is 0 Å². The number of hydrogen-bond acceptors (Lipinski definition) is 4. The van der Waals surface area contributed by atoms with E-state index in [-0.39, 0.29) is 16.7 Å². The Hall–Kier alpha value is -2.41. The van der Waals surface area contributed by atoms with Crippen molar-refractivity contribution < 1.29 is 4.73 Å². The van der Waals surface area contributed by atoms with Crippen molar-refractivity contribution in [2.24, 2.45) is 14.1 Å². The van der Waals surface area contributed by atoms with E-state index in [0.29, 0.717) is 15.3 Å².